The number of aromatic nitrogens is 1. The Labute approximate surface area is 122 Å². The summed E-state index contributed by atoms with van der Waals surface area (Å²) in [6, 6.07) is 8.66. The second-order valence-electron chi connectivity index (χ2n) is 4.09. The molecule has 0 aliphatic carbocycles. The molecule has 108 valence electrons. The highest BCUT2D eigenvalue weighted by molar-refractivity contribution is 5.94. The summed E-state index contributed by atoms with van der Waals surface area (Å²) >= 11 is 0. The molecule has 2 rings (SSSR count). The molecule has 0 aliphatic heterocycles. The first kappa shape index (κ1) is 14.5. The number of hydrazone groups is 1. The Balaban J connectivity index is 2.06. The van der Waals surface area contributed by atoms with Crippen LogP contribution in [0.1, 0.15) is 15.9 Å². The number of amides is 1. The number of pyridine rings is 1. The Morgan fingerprint density at radius 1 is 1.24 bits per heavy atom. The van der Waals surface area contributed by atoms with Crippen LogP contribution < -0.4 is 14.9 Å². The van der Waals surface area contributed by atoms with Crippen molar-refractivity contribution in [1.82, 2.24) is 10.4 Å². The van der Waals surface area contributed by atoms with E-state index in [1.807, 2.05) is 0 Å². The fourth-order valence-electron chi connectivity index (χ4n) is 1.63. The van der Waals surface area contributed by atoms with E-state index < -0.39 is 0 Å². The average Bonchev–Trinajstić information content (AvgIpc) is 2.55. The minimum absolute atomic E-state index is 0.325. The first-order valence-electron chi connectivity index (χ1n) is 6.19. The number of carbonyl (C=O) groups is 1. The maximum atomic E-state index is 11.8. The summed E-state index contributed by atoms with van der Waals surface area (Å²) in [6.07, 6.45) is 4.58. The van der Waals surface area contributed by atoms with Gasteiger partial charge in [0.15, 0.2) is 0 Å². The highest BCUT2D eigenvalue weighted by atomic mass is 16.5. The Morgan fingerprint density at radius 2 is 1.95 bits per heavy atom. The van der Waals surface area contributed by atoms with Crippen LogP contribution in [0.3, 0.4) is 0 Å². The van der Waals surface area contributed by atoms with E-state index in [1.165, 1.54) is 12.4 Å². The lowest BCUT2D eigenvalue weighted by Crippen LogP contribution is -2.17. The molecule has 6 heteroatoms. The van der Waals surface area contributed by atoms with E-state index in [9.17, 15) is 4.79 Å². The third-order valence-electron chi connectivity index (χ3n) is 2.68. The zero-order valence-corrected chi connectivity index (χ0v) is 11.7. The van der Waals surface area contributed by atoms with Gasteiger partial charge in [-0.15, -0.1) is 0 Å². The molecule has 1 amide bonds. The van der Waals surface area contributed by atoms with Crippen molar-refractivity contribution < 1.29 is 14.3 Å². The molecular formula is C15H15N3O3. The van der Waals surface area contributed by atoms with Gasteiger partial charge in [-0.25, -0.2) is 5.43 Å². The van der Waals surface area contributed by atoms with E-state index in [1.54, 1.807) is 50.7 Å². The number of methoxy groups -OCH3 is 2. The van der Waals surface area contributed by atoms with Crippen LogP contribution in [-0.4, -0.2) is 31.3 Å². The number of carbonyl (C=O) groups excluding carboxylic acids is 1. The Kier molecular flexibility index (Phi) is 4.87. The average molecular weight is 285 g/mol. The van der Waals surface area contributed by atoms with E-state index >= 15 is 0 Å². The van der Waals surface area contributed by atoms with E-state index in [4.69, 9.17) is 9.47 Å². The molecule has 0 bridgehead atoms. The SMILES string of the molecule is COc1cc(C=NNC(=O)c2cccnc2)cc(OC)c1. The van der Waals surface area contributed by atoms with Crippen molar-refractivity contribution in [3.63, 3.8) is 0 Å². The molecule has 0 spiro atoms. The van der Waals surface area contributed by atoms with Crippen molar-refractivity contribution in [1.29, 1.82) is 0 Å². The summed E-state index contributed by atoms with van der Waals surface area (Å²) in [6.45, 7) is 0. The van der Waals surface area contributed by atoms with Gasteiger partial charge in [0.2, 0.25) is 0 Å². The van der Waals surface area contributed by atoms with Crippen LogP contribution in [0.15, 0.2) is 47.8 Å². The molecule has 2 aromatic rings. The van der Waals surface area contributed by atoms with Gasteiger partial charge >= 0.3 is 0 Å². The molecule has 1 aromatic heterocycles. The van der Waals surface area contributed by atoms with Crippen LogP contribution >= 0.6 is 0 Å². The summed E-state index contributed by atoms with van der Waals surface area (Å²) in [7, 11) is 3.14. The molecule has 0 radical (unpaired) electrons. The topological polar surface area (TPSA) is 72.8 Å². The minimum Gasteiger partial charge on any atom is -0.497 e. The largest absolute Gasteiger partial charge is 0.497 e. The van der Waals surface area contributed by atoms with E-state index in [2.05, 4.69) is 15.5 Å². The second-order valence-corrected chi connectivity index (χ2v) is 4.09. The summed E-state index contributed by atoms with van der Waals surface area (Å²) in [5.74, 6) is 0.970. The van der Waals surface area contributed by atoms with Gasteiger partial charge in [0.1, 0.15) is 11.5 Å². The van der Waals surface area contributed by atoms with Crippen LogP contribution in [0.25, 0.3) is 0 Å². The number of nitrogens with zero attached hydrogens (tertiary/aromatic N) is 2. The van der Waals surface area contributed by atoms with Crippen molar-refractivity contribution in [2.75, 3.05) is 14.2 Å². The van der Waals surface area contributed by atoms with Crippen LogP contribution in [0.4, 0.5) is 0 Å². The fourth-order valence-corrected chi connectivity index (χ4v) is 1.63. The molecule has 0 atom stereocenters. The lowest BCUT2D eigenvalue weighted by Gasteiger charge is -2.05. The number of hydrogen-bond donors (Lipinski definition) is 1. The molecule has 0 saturated carbocycles. The van der Waals surface area contributed by atoms with Gasteiger partial charge < -0.3 is 9.47 Å². The minimum atomic E-state index is -0.325. The van der Waals surface area contributed by atoms with Crippen molar-refractivity contribution in [2.45, 2.75) is 0 Å². The number of ether oxygens (including phenoxy) is 2. The van der Waals surface area contributed by atoms with Crippen LogP contribution in [-0.2, 0) is 0 Å². The maximum Gasteiger partial charge on any atom is 0.272 e. The second kappa shape index (κ2) is 7.04. The summed E-state index contributed by atoms with van der Waals surface area (Å²) in [4.78, 5) is 15.6. The normalized spacial score (nSPS) is 10.4. The molecular weight excluding hydrogens is 270 g/mol. The van der Waals surface area contributed by atoms with Crippen molar-refractivity contribution in [3.8, 4) is 11.5 Å². The highest BCUT2D eigenvalue weighted by Crippen LogP contribution is 2.21. The predicted molar refractivity (Wildman–Crippen MR) is 78.8 cm³/mol. The summed E-state index contributed by atoms with van der Waals surface area (Å²) < 4.78 is 10.3. The van der Waals surface area contributed by atoms with Gasteiger partial charge in [-0.3, -0.25) is 9.78 Å². The Hall–Kier alpha value is -2.89. The summed E-state index contributed by atoms with van der Waals surface area (Å²) in [5.41, 5.74) is 3.62. The lowest BCUT2D eigenvalue weighted by atomic mass is 10.2. The molecule has 0 saturated heterocycles. The van der Waals surface area contributed by atoms with Crippen molar-refractivity contribution in [2.24, 2.45) is 5.10 Å². The van der Waals surface area contributed by atoms with Gasteiger partial charge in [0.05, 0.1) is 26.0 Å². The molecule has 0 unspecified atom stereocenters. The smallest absolute Gasteiger partial charge is 0.272 e. The summed E-state index contributed by atoms with van der Waals surface area (Å²) in [5, 5.41) is 3.91. The fraction of sp³-hybridized carbons (Fsp3) is 0.133. The predicted octanol–water partition coefficient (Wildman–Crippen LogP) is 1.86. The molecule has 21 heavy (non-hydrogen) atoms. The number of nitrogens with one attached hydrogen (secondary N) is 1. The molecule has 1 N–H and O–H groups in total. The third-order valence-corrected chi connectivity index (χ3v) is 2.68. The zero-order chi connectivity index (χ0) is 15.1. The Bertz CT molecular complexity index is 620. The van der Waals surface area contributed by atoms with Crippen molar-refractivity contribution >= 4 is 12.1 Å². The first-order chi connectivity index (χ1) is 10.2. The van der Waals surface area contributed by atoms with Crippen molar-refractivity contribution in [3.05, 3.63) is 53.9 Å². The van der Waals surface area contributed by atoms with E-state index in [0.717, 1.165) is 5.56 Å². The van der Waals surface area contributed by atoms with Gasteiger partial charge in [-0.1, -0.05) is 0 Å². The number of hydrogen-bond acceptors (Lipinski definition) is 5. The lowest BCUT2D eigenvalue weighted by molar-refractivity contribution is 0.0955. The zero-order valence-electron chi connectivity index (χ0n) is 11.7. The molecule has 0 aliphatic rings. The van der Waals surface area contributed by atoms with Gasteiger partial charge in [-0.2, -0.15) is 5.10 Å². The van der Waals surface area contributed by atoms with Crippen LogP contribution in [0.5, 0.6) is 11.5 Å². The van der Waals surface area contributed by atoms with Crippen LogP contribution in [0.2, 0.25) is 0 Å². The quantitative estimate of drug-likeness (QED) is 0.672. The monoisotopic (exact) mass is 285 g/mol. The number of benzene rings is 1. The van der Waals surface area contributed by atoms with E-state index in [0.29, 0.717) is 17.1 Å². The molecule has 1 heterocycles. The first-order valence-corrected chi connectivity index (χ1v) is 6.19. The van der Waals surface area contributed by atoms with Crippen LogP contribution in [0, 0.1) is 0 Å². The standard InChI is InChI=1S/C15H15N3O3/c1-20-13-6-11(7-14(8-13)21-2)9-17-18-15(19)12-4-3-5-16-10-12/h3-10H,1-2H3,(H,18,19). The Morgan fingerprint density at radius 3 is 2.52 bits per heavy atom. The molecule has 1 aromatic carbocycles. The maximum absolute atomic E-state index is 11.8. The number of rotatable bonds is 5. The van der Waals surface area contributed by atoms with Gasteiger partial charge in [0.25, 0.3) is 5.91 Å². The molecule has 0 fully saturated rings. The van der Waals surface area contributed by atoms with E-state index in [-0.39, 0.29) is 5.91 Å². The highest BCUT2D eigenvalue weighted by Gasteiger charge is 2.03. The van der Waals surface area contributed by atoms with Gasteiger partial charge in [-0.05, 0) is 24.3 Å². The third kappa shape index (κ3) is 4.04. The molecule has 6 nitrogen and oxygen atoms in total. The van der Waals surface area contributed by atoms with Gasteiger partial charge in [0, 0.05) is 24.0 Å².